The van der Waals surface area contributed by atoms with Crippen molar-refractivity contribution in [3.05, 3.63) is 40.4 Å². The lowest BCUT2D eigenvalue weighted by molar-refractivity contribution is 0.0969. The van der Waals surface area contributed by atoms with E-state index in [-0.39, 0.29) is 11.7 Å². The van der Waals surface area contributed by atoms with Gasteiger partial charge in [-0.25, -0.2) is 0 Å². The second kappa shape index (κ2) is 4.66. The maximum atomic E-state index is 12.8. The molecule has 0 aliphatic carbocycles. The number of ether oxygens (including phenoxy) is 1. The van der Waals surface area contributed by atoms with Gasteiger partial charge in [-0.2, -0.15) is 0 Å². The SMILES string of the molecule is Cc1nnc2n(CC3CCCO3)c(=O)c3ccccc3n12. The van der Waals surface area contributed by atoms with Crippen LogP contribution >= 0.6 is 0 Å². The summed E-state index contributed by atoms with van der Waals surface area (Å²) in [5.41, 5.74) is 0.824. The van der Waals surface area contributed by atoms with Crippen molar-refractivity contribution in [2.24, 2.45) is 0 Å². The van der Waals surface area contributed by atoms with Gasteiger partial charge in [0.1, 0.15) is 5.82 Å². The predicted molar refractivity (Wildman–Crippen MR) is 78.5 cm³/mol. The first-order valence-electron chi connectivity index (χ1n) is 7.20. The van der Waals surface area contributed by atoms with Crippen LogP contribution in [0, 0.1) is 6.92 Å². The van der Waals surface area contributed by atoms with Crippen LogP contribution in [0.4, 0.5) is 0 Å². The molecule has 1 aliphatic heterocycles. The van der Waals surface area contributed by atoms with Crippen molar-refractivity contribution in [1.82, 2.24) is 19.2 Å². The lowest BCUT2D eigenvalue weighted by Gasteiger charge is -2.14. The first kappa shape index (κ1) is 12.5. The van der Waals surface area contributed by atoms with Crippen LogP contribution in [0.25, 0.3) is 16.7 Å². The van der Waals surface area contributed by atoms with E-state index in [1.165, 1.54) is 0 Å². The summed E-state index contributed by atoms with van der Waals surface area (Å²) in [6.45, 7) is 3.20. The summed E-state index contributed by atoms with van der Waals surface area (Å²) in [4.78, 5) is 12.8. The quantitative estimate of drug-likeness (QED) is 0.716. The second-order valence-corrected chi connectivity index (χ2v) is 5.45. The molecule has 1 unspecified atom stereocenters. The fourth-order valence-corrected chi connectivity index (χ4v) is 3.05. The Kier molecular flexibility index (Phi) is 2.78. The van der Waals surface area contributed by atoms with E-state index in [4.69, 9.17) is 4.74 Å². The fourth-order valence-electron chi connectivity index (χ4n) is 3.05. The van der Waals surface area contributed by atoms with Crippen LogP contribution in [0.5, 0.6) is 0 Å². The Bertz CT molecular complexity index is 874. The van der Waals surface area contributed by atoms with Crippen molar-refractivity contribution in [1.29, 1.82) is 0 Å². The van der Waals surface area contributed by atoms with E-state index in [2.05, 4.69) is 10.2 Å². The summed E-state index contributed by atoms with van der Waals surface area (Å²) < 4.78 is 9.29. The number of aryl methyl sites for hydroxylation is 1. The minimum atomic E-state index is -0.0269. The van der Waals surface area contributed by atoms with E-state index >= 15 is 0 Å². The molecule has 6 nitrogen and oxygen atoms in total. The summed E-state index contributed by atoms with van der Waals surface area (Å²) in [5, 5.41) is 9.01. The van der Waals surface area contributed by atoms with Crippen LogP contribution in [0.15, 0.2) is 29.1 Å². The maximum absolute atomic E-state index is 12.8. The van der Waals surface area contributed by atoms with Crippen LogP contribution < -0.4 is 5.56 Å². The molecule has 6 heteroatoms. The fraction of sp³-hybridized carbons (Fsp3) is 0.400. The zero-order chi connectivity index (χ0) is 14.4. The molecule has 1 aromatic carbocycles. The van der Waals surface area contributed by atoms with Crippen LogP contribution in [0.1, 0.15) is 18.7 Å². The van der Waals surface area contributed by atoms with Gasteiger partial charge in [-0.15, -0.1) is 10.2 Å². The normalized spacial score (nSPS) is 18.8. The number of hydrogen-bond donors (Lipinski definition) is 0. The zero-order valence-electron chi connectivity index (χ0n) is 11.8. The Balaban J connectivity index is 2.03. The highest BCUT2D eigenvalue weighted by atomic mass is 16.5. The average Bonchev–Trinajstić information content (AvgIpc) is 3.13. The maximum Gasteiger partial charge on any atom is 0.262 e. The Morgan fingerprint density at radius 2 is 2.19 bits per heavy atom. The van der Waals surface area contributed by atoms with Gasteiger partial charge in [-0.1, -0.05) is 12.1 Å². The Morgan fingerprint density at radius 1 is 1.33 bits per heavy atom. The molecule has 1 atom stereocenters. The van der Waals surface area contributed by atoms with Gasteiger partial charge in [-0.05, 0) is 31.9 Å². The Labute approximate surface area is 121 Å². The van der Waals surface area contributed by atoms with Gasteiger partial charge in [0.15, 0.2) is 0 Å². The molecule has 4 rings (SSSR count). The van der Waals surface area contributed by atoms with Crippen molar-refractivity contribution in [2.45, 2.75) is 32.4 Å². The standard InChI is InChI=1S/C15H16N4O2/c1-10-16-17-15-18(9-11-5-4-8-21-11)14(20)12-6-2-3-7-13(12)19(10)15/h2-3,6-7,11H,4-5,8-9H2,1H3. The van der Waals surface area contributed by atoms with Gasteiger partial charge >= 0.3 is 0 Å². The summed E-state index contributed by atoms with van der Waals surface area (Å²) >= 11 is 0. The molecule has 2 aromatic heterocycles. The monoisotopic (exact) mass is 284 g/mol. The average molecular weight is 284 g/mol. The highest BCUT2D eigenvalue weighted by Gasteiger charge is 2.20. The van der Waals surface area contributed by atoms with Crippen molar-refractivity contribution >= 4 is 16.7 Å². The van der Waals surface area contributed by atoms with Crippen LogP contribution in [0.2, 0.25) is 0 Å². The van der Waals surface area contributed by atoms with Crippen LogP contribution in [-0.2, 0) is 11.3 Å². The molecular weight excluding hydrogens is 268 g/mol. The summed E-state index contributed by atoms with van der Waals surface area (Å²) in [7, 11) is 0. The molecule has 1 aliphatic rings. The zero-order valence-corrected chi connectivity index (χ0v) is 11.8. The van der Waals surface area contributed by atoms with Crippen molar-refractivity contribution in [3.8, 4) is 0 Å². The molecule has 3 aromatic rings. The number of nitrogens with zero attached hydrogens (tertiary/aromatic N) is 4. The van der Waals surface area contributed by atoms with E-state index in [1.54, 1.807) is 4.57 Å². The molecule has 21 heavy (non-hydrogen) atoms. The van der Waals surface area contributed by atoms with Gasteiger partial charge in [0.25, 0.3) is 5.56 Å². The molecule has 0 amide bonds. The minimum absolute atomic E-state index is 0.0269. The number of rotatable bonds is 2. The van der Waals surface area contributed by atoms with Crippen LogP contribution in [0.3, 0.4) is 0 Å². The molecule has 1 saturated heterocycles. The summed E-state index contributed by atoms with van der Waals surface area (Å²) in [5.74, 6) is 1.37. The van der Waals surface area contributed by atoms with Gasteiger partial charge in [0.05, 0.1) is 23.6 Å². The molecule has 0 radical (unpaired) electrons. The van der Waals surface area contributed by atoms with E-state index in [9.17, 15) is 4.79 Å². The highest BCUT2D eigenvalue weighted by molar-refractivity contribution is 5.80. The van der Waals surface area contributed by atoms with Gasteiger partial charge in [0, 0.05) is 6.61 Å². The minimum Gasteiger partial charge on any atom is -0.376 e. The van der Waals surface area contributed by atoms with Gasteiger partial charge in [0.2, 0.25) is 5.78 Å². The van der Waals surface area contributed by atoms with E-state index in [1.807, 2.05) is 35.6 Å². The highest BCUT2D eigenvalue weighted by Crippen LogP contribution is 2.17. The Hall–Kier alpha value is -2.21. The molecule has 0 bridgehead atoms. The molecule has 1 fully saturated rings. The van der Waals surface area contributed by atoms with Crippen LogP contribution in [-0.4, -0.2) is 31.9 Å². The Morgan fingerprint density at radius 3 is 3.00 bits per heavy atom. The molecular formula is C15H16N4O2. The molecule has 108 valence electrons. The first-order chi connectivity index (χ1) is 10.3. The smallest absolute Gasteiger partial charge is 0.262 e. The molecule has 3 heterocycles. The molecule has 0 N–H and O–H groups in total. The third kappa shape index (κ3) is 1.86. The number of para-hydroxylation sites is 1. The number of benzene rings is 1. The van der Waals surface area contributed by atoms with E-state index in [0.717, 1.165) is 30.8 Å². The summed E-state index contributed by atoms with van der Waals surface area (Å²) in [6.07, 6.45) is 2.12. The van der Waals surface area contributed by atoms with Crippen molar-refractivity contribution in [3.63, 3.8) is 0 Å². The third-order valence-corrected chi connectivity index (χ3v) is 4.08. The lowest BCUT2D eigenvalue weighted by atomic mass is 10.2. The number of aromatic nitrogens is 4. The topological polar surface area (TPSA) is 61.4 Å². The number of fused-ring (bicyclic) bond motifs is 3. The van der Waals surface area contributed by atoms with Gasteiger partial charge < -0.3 is 4.74 Å². The van der Waals surface area contributed by atoms with Gasteiger partial charge in [-0.3, -0.25) is 13.8 Å². The predicted octanol–water partition coefficient (Wildman–Crippen LogP) is 1.53. The third-order valence-electron chi connectivity index (χ3n) is 4.08. The van der Waals surface area contributed by atoms with E-state index in [0.29, 0.717) is 17.7 Å². The largest absolute Gasteiger partial charge is 0.376 e. The van der Waals surface area contributed by atoms with E-state index < -0.39 is 0 Å². The van der Waals surface area contributed by atoms with Crippen molar-refractivity contribution < 1.29 is 4.74 Å². The first-order valence-corrected chi connectivity index (χ1v) is 7.20. The molecule has 0 saturated carbocycles. The lowest BCUT2D eigenvalue weighted by Crippen LogP contribution is -2.28. The van der Waals surface area contributed by atoms with Crippen molar-refractivity contribution in [2.75, 3.05) is 6.61 Å². The second-order valence-electron chi connectivity index (χ2n) is 5.45. The molecule has 0 spiro atoms. The summed E-state index contributed by atoms with van der Waals surface area (Å²) in [6, 6.07) is 7.58. The number of hydrogen-bond acceptors (Lipinski definition) is 4.